The highest BCUT2D eigenvalue weighted by Gasteiger charge is 2.19. The number of piperazine rings is 1. The molecule has 0 spiro atoms. The Morgan fingerprint density at radius 3 is 2.58 bits per heavy atom. The first-order valence-corrected chi connectivity index (χ1v) is 11.8. The second kappa shape index (κ2) is 10.0. The highest BCUT2D eigenvalue weighted by Crippen LogP contribution is 2.30. The predicted octanol–water partition coefficient (Wildman–Crippen LogP) is 2.33. The van der Waals surface area contributed by atoms with Gasteiger partial charge in [-0.3, -0.25) is 19.0 Å². The maximum atomic E-state index is 9.65. The van der Waals surface area contributed by atoms with Crippen molar-refractivity contribution in [1.29, 1.82) is 5.26 Å². The Morgan fingerprint density at radius 1 is 1.08 bits per heavy atom. The van der Waals surface area contributed by atoms with Crippen LogP contribution in [0.15, 0.2) is 65.8 Å². The van der Waals surface area contributed by atoms with Gasteiger partial charge < -0.3 is 10.6 Å². The number of hydrogen-bond acceptors (Lipinski definition) is 8. The maximum Gasteiger partial charge on any atom is 0.145 e. The van der Waals surface area contributed by atoms with Crippen LogP contribution < -0.4 is 10.6 Å². The number of hydrogen-bond donors (Lipinski definition) is 1. The van der Waals surface area contributed by atoms with Crippen LogP contribution in [0.3, 0.4) is 0 Å². The molecule has 4 aromatic heterocycles. The highest BCUT2D eigenvalue weighted by molar-refractivity contribution is 5.76. The minimum atomic E-state index is 0.483. The number of aryl methyl sites for hydroxylation is 1. The average molecular weight is 481 g/mol. The first-order valence-electron chi connectivity index (χ1n) is 11.8. The van der Waals surface area contributed by atoms with Crippen molar-refractivity contribution >= 4 is 17.7 Å². The molecule has 0 atom stereocenters. The van der Waals surface area contributed by atoms with E-state index in [2.05, 4.69) is 43.1 Å². The second-order valence-corrected chi connectivity index (χ2v) is 8.80. The van der Waals surface area contributed by atoms with Crippen LogP contribution in [-0.4, -0.2) is 75.0 Å². The number of aromatic nitrogens is 5. The van der Waals surface area contributed by atoms with Crippen LogP contribution in [0.5, 0.6) is 0 Å². The maximum absolute atomic E-state index is 9.65. The summed E-state index contributed by atoms with van der Waals surface area (Å²) in [6.07, 6.45) is 10.8. The first kappa shape index (κ1) is 23.3. The number of nitrogens with two attached hydrogens (primary N) is 1. The molecule has 5 heterocycles. The third-order valence-corrected chi connectivity index (χ3v) is 6.34. The van der Waals surface area contributed by atoms with Crippen LogP contribution in [0, 0.1) is 11.3 Å². The zero-order chi connectivity index (χ0) is 25.1. The smallest absolute Gasteiger partial charge is 0.145 e. The van der Waals surface area contributed by atoms with E-state index in [4.69, 9.17) is 10.7 Å². The fourth-order valence-electron chi connectivity index (χ4n) is 4.48. The third-order valence-electron chi connectivity index (χ3n) is 6.34. The Hall–Kier alpha value is -4.49. The van der Waals surface area contributed by atoms with Gasteiger partial charge in [0, 0.05) is 82.3 Å². The van der Waals surface area contributed by atoms with Crippen molar-refractivity contribution in [3.05, 3.63) is 66.5 Å². The van der Waals surface area contributed by atoms with Gasteiger partial charge in [-0.2, -0.15) is 10.4 Å². The minimum absolute atomic E-state index is 0.483. The van der Waals surface area contributed by atoms with Crippen LogP contribution in [0.1, 0.15) is 5.69 Å². The zero-order valence-corrected chi connectivity index (χ0v) is 20.4. The summed E-state index contributed by atoms with van der Waals surface area (Å²) in [5.74, 6) is 0.936. The molecular weight excluding hydrogens is 452 g/mol. The molecule has 0 radical (unpaired) electrons. The number of nitriles is 1. The molecule has 36 heavy (non-hydrogen) atoms. The number of imidazole rings is 1. The highest BCUT2D eigenvalue weighted by atomic mass is 15.3. The lowest BCUT2D eigenvalue weighted by atomic mass is 10.1. The third kappa shape index (κ3) is 4.69. The summed E-state index contributed by atoms with van der Waals surface area (Å²) in [5, 5.41) is 13.9. The summed E-state index contributed by atoms with van der Waals surface area (Å²) < 4.78 is 3.64. The lowest BCUT2D eigenvalue weighted by Crippen LogP contribution is -2.47. The Morgan fingerprint density at radius 2 is 1.92 bits per heavy atom. The number of aliphatic imine (C=N–C) groups is 1. The lowest BCUT2D eigenvalue weighted by molar-refractivity contribution is 0.277. The summed E-state index contributed by atoms with van der Waals surface area (Å²) in [6, 6.07) is 10.4. The molecule has 2 N–H and O–H groups in total. The van der Waals surface area contributed by atoms with Crippen LogP contribution in [0.4, 0.5) is 5.82 Å². The van der Waals surface area contributed by atoms with E-state index in [1.165, 1.54) is 0 Å². The summed E-state index contributed by atoms with van der Waals surface area (Å²) in [7, 11) is 3.63. The fraction of sp³-hybridized carbons (Fsp3) is 0.269. The van der Waals surface area contributed by atoms with Gasteiger partial charge in [0.15, 0.2) is 0 Å². The van der Waals surface area contributed by atoms with Crippen molar-refractivity contribution < 1.29 is 0 Å². The van der Waals surface area contributed by atoms with Gasteiger partial charge in [-0.25, -0.2) is 9.97 Å². The molecule has 0 aromatic carbocycles. The molecule has 1 aliphatic rings. The molecule has 10 nitrogen and oxygen atoms in total. The zero-order valence-electron chi connectivity index (χ0n) is 20.4. The summed E-state index contributed by atoms with van der Waals surface area (Å²) in [6.45, 7) is 4.32. The van der Waals surface area contributed by atoms with Gasteiger partial charge in [0.25, 0.3) is 0 Å². The van der Waals surface area contributed by atoms with Gasteiger partial charge in [-0.15, -0.1) is 0 Å². The van der Waals surface area contributed by atoms with Gasteiger partial charge in [0.2, 0.25) is 0 Å². The topological polar surface area (TPSA) is 117 Å². The van der Waals surface area contributed by atoms with Crippen molar-refractivity contribution in [2.75, 3.05) is 44.7 Å². The SMILES string of the molecule is CN=CC=C(N)CN1CCN(c2ccc(-c3cc(-c4cnn(C)c4)cc4ncc(C#N)n34)cn2)CC1. The standard InChI is InChI=1S/C26H28N10/c1-29-6-5-22(28)18-34-7-9-35(10-8-34)25-4-3-19(14-30-25)24-11-20(21-15-32-33(2)17-21)12-26-31-16-23(13-27)36(24)26/h3-6,11-12,14-17H,7-10,18,28H2,1-2H3. The van der Waals surface area contributed by atoms with Crippen molar-refractivity contribution in [1.82, 2.24) is 29.0 Å². The van der Waals surface area contributed by atoms with Gasteiger partial charge in [0.1, 0.15) is 23.2 Å². The minimum Gasteiger partial charge on any atom is -0.401 e. The molecule has 182 valence electrons. The second-order valence-electron chi connectivity index (χ2n) is 8.80. The van der Waals surface area contributed by atoms with Gasteiger partial charge in [-0.1, -0.05) is 0 Å². The number of anilines is 1. The van der Waals surface area contributed by atoms with E-state index in [9.17, 15) is 5.26 Å². The Bertz CT molecular complexity index is 1460. The molecule has 0 bridgehead atoms. The van der Waals surface area contributed by atoms with Crippen molar-refractivity contribution in [2.24, 2.45) is 17.8 Å². The molecule has 0 saturated carbocycles. The van der Waals surface area contributed by atoms with Gasteiger partial charge in [-0.05, 0) is 35.9 Å². The van der Waals surface area contributed by atoms with E-state index in [1.54, 1.807) is 24.1 Å². The molecule has 1 aliphatic heterocycles. The van der Waals surface area contributed by atoms with Gasteiger partial charge >= 0.3 is 0 Å². The van der Waals surface area contributed by atoms with Gasteiger partial charge in [0.05, 0.1) is 18.1 Å². The number of pyridine rings is 2. The van der Waals surface area contributed by atoms with E-state index < -0.39 is 0 Å². The molecular formula is C26H28N10. The molecule has 1 saturated heterocycles. The van der Waals surface area contributed by atoms with Crippen molar-refractivity contribution in [2.45, 2.75) is 0 Å². The number of rotatable bonds is 6. The molecule has 0 amide bonds. The van der Waals surface area contributed by atoms with Crippen LogP contribution in [-0.2, 0) is 7.05 Å². The van der Waals surface area contributed by atoms with E-state index in [1.807, 2.05) is 48.2 Å². The van der Waals surface area contributed by atoms with Crippen LogP contribution >= 0.6 is 0 Å². The Kier molecular flexibility index (Phi) is 6.47. The van der Waals surface area contributed by atoms with Crippen LogP contribution in [0.2, 0.25) is 0 Å². The number of nitrogens with zero attached hydrogens (tertiary/aromatic N) is 9. The molecule has 1 fully saturated rings. The largest absolute Gasteiger partial charge is 0.401 e. The number of fused-ring (bicyclic) bond motifs is 1. The van der Waals surface area contributed by atoms with E-state index >= 15 is 0 Å². The average Bonchev–Trinajstić information content (AvgIpc) is 3.53. The molecule has 0 aliphatic carbocycles. The Balaban J connectivity index is 1.38. The Labute approximate surface area is 209 Å². The summed E-state index contributed by atoms with van der Waals surface area (Å²) in [5.41, 5.74) is 11.8. The van der Waals surface area contributed by atoms with Crippen LogP contribution in [0.25, 0.3) is 28.0 Å². The van der Waals surface area contributed by atoms with E-state index in [0.29, 0.717) is 11.3 Å². The quantitative estimate of drug-likeness (QED) is 0.421. The molecule has 0 unspecified atom stereocenters. The first-order chi connectivity index (χ1) is 17.6. The lowest BCUT2D eigenvalue weighted by Gasteiger charge is -2.35. The monoisotopic (exact) mass is 480 g/mol. The predicted molar refractivity (Wildman–Crippen MR) is 141 cm³/mol. The molecule has 4 aromatic rings. The van der Waals surface area contributed by atoms with E-state index in [0.717, 1.165) is 66.6 Å². The molecule has 5 rings (SSSR count). The summed E-state index contributed by atoms with van der Waals surface area (Å²) >= 11 is 0. The summed E-state index contributed by atoms with van der Waals surface area (Å²) in [4.78, 5) is 17.8. The fourth-order valence-corrected chi connectivity index (χ4v) is 4.48. The van der Waals surface area contributed by atoms with Crippen molar-refractivity contribution in [3.63, 3.8) is 0 Å². The number of allylic oxidation sites excluding steroid dienone is 1. The van der Waals surface area contributed by atoms with E-state index in [-0.39, 0.29) is 0 Å². The molecule has 10 heteroatoms. The normalized spacial score (nSPS) is 15.1. The van der Waals surface area contributed by atoms with Crippen molar-refractivity contribution in [3.8, 4) is 28.5 Å².